The average Bonchev–Trinajstić information content (AvgIpc) is 2.65. The first-order valence-electron chi connectivity index (χ1n) is 7.35. The molecule has 0 radical (unpaired) electrons. The number of rotatable bonds is 4. The van der Waals surface area contributed by atoms with Gasteiger partial charge in [0.2, 0.25) is 5.75 Å². The van der Waals surface area contributed by atoms with Crippen LogP contribution < -0.4 is 14.2 Å². The Morgan fingerprint density at radius 3 is 2.67 bits per heavy atom. The monoisotopic (exact) mass is 325 g/mol. The van der Waals surface area contributed by atoms with Crippen LogP contribution in [0.3, 0.4) is 0 Å². The lowest BCUT2D eigenvalue weighted by Crippen LogP contribution is -2.17. The van der Waals surface area contributed by atoms with Crippen LogP contribution in [0, 0.1) is 11.3 Å². The summed E-state index contributed by atoms with van der Waals surface area (Å²) >= 11 is 0. The number of nitrogens with zero attached hydrogens (tertiary/aromatic N) is 1. The van der Waals surface area contributed by atoms with Crippen LogP contribution in [-0.4, -0.2) is 26.3 Å². The first-order valence-corrected chi connectivity index (χ1v) is 7.35. The molecule has 0 spiro atoms. The van der Waals surface area contributed by atoms with Crippen LogP contribution >= 0.6 is 0 Å². The standard InChI is InChI=1S/C18H15NO5/c1-21-15-8-14(9-16-17(15)23-7-6-22-16)18(20)24-11-13-4-2-12(10-19)3-5-13/h2-5,8-9H,6-7,11H2,1H3. The van der Waals surface area contributed by atoms with Crippen molar-refractivity contribution in [1.29, 1.82) is 5.26 Å². The number of carbonyl (C=O) groups excluding carboxylic acids is 1. The van der Waals surface area contributed by atoms with Crippen molar-refractivity contribution in [3.05, 3.63) is 53.1 Å². The van der Waals surface area contributed by atoms with Crippen LogP contribution in [0.2, 0.25) is 0 Å². The van der Waals surface area contributed by atoms with Crippen molar-refractivity contribution in [3.63, 3.8) is 0 Å². The van der Waals surface area contributed by atoms with Gasteiger partial charge in [0.15, 0.2) is 11.5 Å². The molecule has 1 aliphatic heterocycles. The van der Waals surface area contributed by atoms with Gasteiger partial charge in [-0.15, -0.1) is 0 Å². The summed E-state index contributed by atoms with van der Waals surface area (Å²) in [5.41, 5.74) is 1.68. The van der Waals surface area contributed by atoms with Gasteiger partial charge >= 0.3 is 5.97 Å². The predicted octanol–water partition coefficient (Wildman–Crippen LogP) is 2.70. The highest BCUT2D eigenvalue weighted by molar-refractivity contribution is 5.91. The van der Waals surface area contributed by atoms with Gasteiger partial charge < -0.3 is 18.9 Å². The molecule has 0 aromatic heterocycles. The molecule has 0 atom stereocenters. The largest absolute Gasteiger partial charge is 0.493 e. The predicted molar refractivity (Wildman–Crippen MR) is 84.3 cm³/mol. The minimum absolute atomic E-state index is 0.112. The summed E-state index contributed by atoms with van der Waals surface area (Å²) in [6.07, 6.45) is 0. The average molecular weight is 325 g/mol. The van der Waals surface area contributed by atoms with E-state index >= 15 is 0 Å². The van der Waals surface area contributed by atoms with Gasteiger partial charge in [0, 0.05) is 0 Å². The number of esters is 1. The fourth-order valence-electron chi connectivity index (χ4n) is 2.30. The Morgan fingerprint density at radius 1 is 1.21 bits per heavy atom. The van der Waals surface area contributed by atoms with Crippen LogP contribution in [0.1, 0.15) is 21.5 Å². The van der Waals surface area contributed by atoms with E-state index in [4.69, 9.17) is 24.2 Å². The molecule has 0 fully saturated rings. The van der Waals surface area contributed by atoms with E-state index < -0.39 is 5.97 Å². The third-order valence-corrected chi connectivity index (χ3v) is 3.52. The Labute approximate surface area is 139 Å². The summed E-state index contributed by atoms with van der Waals surface area (Å²) in [5, 5.41) is 8.77. The first-order chi connectivity index (χ1) is 11.7. The molecule has 2 aromatic carbocycles. The number of benzene rings is 2. The molecule has 0 aliphatic carbocycles. The van der Waals surface area contributed by atoms with Gasteiger partial charge in [0.25, 0.3) is 0 Å². The van der Waals surface area contributed by atoms with E-state index in [2.05, 4.69) is 0 Å². The second kappa shape index (κ2) is 6.92. The normalized spacial score (nSPS) is 12.2. The van der Waals surface area contributed by atoms with Crippen LogP contribution in [0.5, 0.6) is 17.2 Å². The number of hydrogen-bond donors (Lipinski definition) is 0. The van der Waals surface area contributed by atoms with Gasteiger partial charge in [-0.2, -0.15) is 5.26 Å². The van der Waals surface area contributed by atoms with Crippen molar-refractivity contribution in [1.82, 2.24) is 0 Å². The summed E-state index contributed by atoms with van der Waals surface area (Å²) in [7, 11) is 1.50. The highest BCUT2D eigenvalue weighted by Crippen LogP contribution is 2.40. The van der Waals surface area contributed by atoms with Crippen molar-refractivity contribution >= 4 is 5.97 Å². The molecule has 0 amide bonds. The fraction of sp³-hybridized carbons (Fsp3) is 0.222. The zero-order valence-corrected chi connectivity index (χ0v) is 13.1. The van der Waals surface area contributed by atoms with E-state index in [1.165, 1.54) is 7.11 Å². The molecule has 3 rings (SSSR count). The number of fused-ring (bicyclic) bond motifs is 1. The lowest BCUT2D eigenvalue weighted by Gasteiger charge is -2.21. The SMILES string of the molecule is COc1cc(C(=O)OCc2ccc(C#N)cc2)cc2c1OCCO2. The van der Waals surface area contributed by atoms with Gasteiger partial charge in [0.05, 0.1) is 24.3 Å². The smallest absolute Gasteiger partial charge is 0.338 e. The lowest BCUT2D eigenvalue weighted by molar-refractivity contribution is 0.0471. The molecule has 6 nitrogen and oxygen atoms in total. The molecule has 24 heavy (non-hydrogen) atoms. The Hall–Kier alpha value is -3.20. The maximum absolute atomic E-state index is 12.3. The van der Waals surface area contributed by atoms with Crippen molar-refractivity contribution < 1.29 is 23.7 Å². The maximum atomic E-state index is 12.3. The van der Waals surface area contributed by atoms with Crippen LogP contribution in [0.4, 0.5) is 0 Å². The number of nitriles is 1. The third kappa shape index (κ3) is 3.25. The molecule has 0 saturated heterocycles. The molecule has 0 N–H and O–H groups in total. The van der Waals surface area contributed by atoms with Crippen molar-refractivity contribution in [2.75, 3.05) is 20.3 Å². The van der Waals surface area contributed by atoms with E-state index in [9.17, 15) is 4.79 Å². The van der Waals surface area contributed by atoms with Crippen molar-refractivity contribution in [3.8, 4) is 23.3 Å². The maximum Gasteiger partial charge on any atom is 0.338 e. The van der Waals surface area contributed by atoms with Gasteiger partial charge in [-0.3, -0.25) is 0 Å². The van der Waals surface area contributed by atoms with Gasteiger partial charge in [-0.25, -0.2) is 4.79 Å². The number of ether oxygens (including phenoxy) is 4. The molecule has 122 valence electrons. The molecular weight excluding hydrogens is 310 g/mol. The topological polar surface area (TPSA) is 77.8 Å². The summed E-state index contributed by atoms with van der Waals surface area (Å²) in [6.45, 7) is 0.965. The lowest BCUT2D eigenvalue weighted by atomic mass is 10.1. The van der Waals surface area contributed by atoms with Crippen LogP contribution in [0.15, 0.2) is 36.4 Å². The highest BCUT2D eigenvalue weighted by Gasteiger charge is 2.21. The summed E-state index contributed by atoms with van der Waals surface area (Å²) < 4.78 is 21.6. The quantitative estimate of drug-likeness (QED) is 0.804. The fourth-order valence-corrected chi connectivity index (χ4v) is 2.30. The molecule has 2 aromatic rings. The minimum Gasteiger partial charge on any atom is -0.493 e. The van der Waals surface area contributed by atoms with E-state index in [-0.39, 0.29) is 6.61 Å². The Balaban J connectivity index is 1.73. The Kier molecular flexibility index (Phi) is 4.52. The number of hydrogen-bond acceptors (Lipinski definition) is 6. The third-order valence-electron chi connectivity index (χ3n) is 3.52. The molecule has 0 saturated carbocycles. The number of methoxy groups -OCH3 is 1. The highest BCUT2D eigenvalue weighted by atomic mass is 16.6. The molecule has 6 heteroatoms. The van der Waals surface area contributed by atoms with Crippen molar-refractivity contribution in [2.24, 2.45) is 0 Å². The van der Waals surface area contributed by atoms with E-state index in [1.807, 2.05) is 6.07 Å². The Bertz CT molecular complexity index is 775. The molecule has 0 unspecified atom stereocenters. The second-order valence-corrected chi connectivity index (χ2v) is 5.09. The Morgan fingerprint density at radius 2 is 1.96 bits per heavy atom. The van der Waals surface area contributed by atoms with E-state index in [1.54, 1.807) is 36.4 Å². The molecule has 1 heterocycles. The summed E-state index contributed by atoms with van der Waals surface area (Å²) in [4.78, 5) is 12.3. The van der Waals surface area contributed by atoms with Gasteiger partial charge in [0.1, 0.15) is 19.8 Å². The zero-order chi connectivity index (χ0) is 16.9. The summed E-state index contributed by atoms with van der Waals surface area (Å²) in [5.74, 6) is 0.894. The van der Waals surface area contributed by atoms with Crippen LogP contribution in [-0.2, 0) is 11.3 Å². The second-order valence-electron chi connectivity index (χ2n) is 5.09. The first kappa shape index (κ1) is 15.7. The molecule has 1 aliphatic rings. The van der Waals surface area contributed by atoms with E-state index in [0.29, 0.717) is 41.6 Å². The molecular formula is C18H15NO5. The van der Waals surface area contributed by atoms with Crippen LogP contribution in [0.25, 0.3) is 0 Å². The van der Waals surface area contributed by atoms with Crippen molar-refractivity contribution in [2.45, 2.75) is 6.61 Å². The summed E-state index contributed by atoms with van der Waals surface area (Å²) in [6, 6.07) is 12.0. The minimum atomic E-state index is -0.491. The number of carbonyl (C=O) groups is 1. The molecule has 0 bridgehead atoms. The van der Waals surface area contributed by atoms with Gasteiger partial charge in [-0.05, 0) is 29.8 Å². The van der Waals surface area contributed by atoms with E-state index in [0.717, 1.165) is 5.56 Å². The zero-order valence-electron chi connectivity index (χ0n) is 13.1. The van der Waals surface area contributed by atoms with Gasteiger partial charge in [-0.1, -0.05) is 12.1 Å².